The van der Waals surface area contributed by atoms with Crippen molar-refractivity contribution in [1.82, 2.24) is 5.43 Å². The van der Waals surface area contributed by atoms with Gasteiger partial charge in [0.25, 0.3) is 0 Å². The van der Waals surface area contributed by atoms with Gasteiger partial charge in [-0.3, -0.25) is 10.2 Å². The number of hydrogen-bond donors (Lipinski definition) is 2. The van der Waals surface area contributed by atoms with Crippen molar-refractivity contribution < 1.29 is 9.53 Å². The highest BCUT2D eigenvalue weighted by Gasteiger charge is 2.11. The topological polar surface area (TPSA) is 64.3 Å². The van der Waals surface area contributed by atoms with Gasteiger partial charge >= 0.3 is 5.91 Å². The van der Waals surface area contributed by atoms with E-state index in [0.29, 0.717) is 5.75 Å². The van der Waals surface area contributed by atoms with Gasteiger partial charge in [-0.25, -0.2) is 5.84 Å². The summed E-state index contributed by atoms with van der Waals surface area (Å²) < 4.78 is 6.58. The summed E-state index contributed by atoms with van der Waals surface area (Å²) in [6, 6.07) is 14.9. The summed E-state index contributed by atoms with van der Waals surface area (Å²) in [4.78, 5) is 11.8. The molecule has 0 aromatic heterocycles. The predicted molar refractivity (Wildman–Crippen MR) is 86.3 cm³/mol. The van der Waals surface area contributed by atoms with Crippen molar-refractivity contribution in [2.45, 2.75) is 6.92 Å². The SMILES string of the molecule is Cc1ccc(O/C(=C\c2ccc(Br)cc2)C(=O)NN)cc1. The number of benzene rings is 2. The Labute approximate surface area is 131 Å². The maximum Gasteiger partial charge on any atom is 0.300 e. The summed E-state index contributed by atoms with van der Waals surface area (Å²) in [5.41, 5.74) is 4.04. The number of rotatable bonds is 4. The Kier molecular flexibility index (Phi) is 5.14. The third-order valence-corrected chi connectivity index (χ3v) is 3.30. The highest BCUT2D eigenvalue weighted by Crippen LogP contribution is 2.18. The average Bonchev–Trinajstić information content (AvgIpc) is 2.50. The molecule has 0 bridgehead atoms. The fourth-order valence-electron chi connectivity index (χ4n) is 1.66. The molecule has 0 radical (unpaired) electrons. The molecule has 0 aliphatic carbocycles. The minimum atomic E-state index is -0.488. The molecule has 21 heavy (non-hydrogen) atoms. The largest absolute Gasteiger partial charge is 0.452 e. The zero-order valence-electron chi connectivity index (χ0n) is 11.5. The third kappa shape index (κ3) is 4.44. The first-order valence-electron chi connectivity index (χ1n) is 6.31. The Morgan fingerprint density at radius 1 is 1.14 bits per heavy atom. The molecular weight excluding hydrogens is 332 g/mol. The van der Waals surface area contributed by atoms with Crippen LogP contribution >= 0.6 is 15.9 Å². The fourth-order valence-corrected chi connectivity index (χ4v) is 1.92. The number of nitrogens with one attached hydrogen (secondary N) is 1. The minimum absolute atomic E-state index is 0.128. The minimum Gasteiger partial charge on any atom is -0.452 e. The zero-order chi connectivity index (χ0) is 15.2. The van der Waals surface area contributed by atoms with Crippen molar-refractivity contribution >= 4 is 27.9 Å². The van der Waals surface area contributed by atoms with E-state index in [0.717, 1.165) is 15.6 Å². The van der Waals surface area contributed by atoms with Crippen molar-refractivity contribution in [2.24, 2.45) is 5.84 Å². The molecule has 0 saturated carbocycles. The lowest BCUT2D eigenvalue weighted by Crippen LogP contribution is -2.33. The van der Waals surface area contributed by atoms with E-state index in [1.165, 1.54) is 0 Å². The van der Waals surface area contributed by atoms with Crippen LogP contribution in [-0.2, 0) is 4.79 Å². The van der Waals surface area contributed by atoms with Gasteiger partial charge in [0, 0.05) is 4.47 Å². The average molecular weight is 347 g/mol. The summed E-state index contributed by atoms with van der Waals surface area (Å²) in [6.45, 7) is 1.98. The molecule has 2 aromatic rings. The van der Waals surface area contributed by atoms with E-state index in [9.17, 15) is 4.79 Å². The van der Waals surface area contributed by atoms with Crippen LogP contribution in [0.4, 0.5) is 0 Å². The molecule has 0 spiro atoms. The Morgan fingerprint density at radius 2 is 1.76 bits per heavy atom. The number of nitrogens with two attached hydrogens (primary N) is 1. The van der Waals surface area contributed by atoms with Gasteiger partial charge in [0.2, 0.25) is 0 Å². The number of halogens is 1. The van der Waals surface area contributed by atoms with Gasteiger partial charge in [-0.1, -0.05) is 45.8 Å². The second kappa shape index (κ2) is 7.06. The Hall–Kier alpha value is -2.11. The molecular formula is C16H15BrN2O2. The molecule has 1 amide bonds. The Bertz CT molecular complexity index is 649. The molecule has 0 atom stereocenters. The lowest BCUT2D eigenvalue weighted by molar-refractivity contribution is -0.119. The zero-order valence-corrected chi connectivity index (χ0v) is 13.1. The molecule has 0 unspecified atom stereocenters. The van der Waals surface area contributed by atoms with E-state index in [1.807, 2.05) is 43.3 Å². The number of carbonyl (C=O) groups excluding carboxylic acids is 1. The summed E-state index contributed by atoms with van der Waals surface area (Å²) in [5, 5.41) is 0. The molecule has 0 saturated heterocycles. The van der Waals surface area contributed by atoms with Crippen LogP contribution in [0.1, 0.15) is 11.1 Å². The predicted octanol–water partition coefficient (Wildman–Crippen LogP) is 3.17. The van der Waals surface area contributed by atoms with Crippen molar-refractivity contribution in [3.05, 3.63) is 69.9 Å². The molecule has 108 valence electrons. The second-order valence-electron chi connectivity index (χ2n) is 4.45. The van der Waals surface area contributed by atoms with Crippen LogP contribution in [0, 0.1) is 6.92 Å². The van der Waals surface area contributed by atoms with Crippen LogP contribution in [0.2, 0.25) is 0 Å². The van der Waals surface area contributed by atoms with E-state index in [1.54, 1.807) is 18.2 Å². The van der Waals surface area contributed by atoms with Gasteiger partial charge in [-0.2, -0.15) is 0 Å². The maximum absolute atomic E-state index is 11.8. The molecule has 3 N–H and O–H groups in total. The van der Waals surface area contributed by atoms with Crippen molar-refractivity contribution in [2.75, 3.05) is 0 Å². The first kappa shape index (κ1) is 15.3. The van der Waals surface area contributed by atoms with E-state index in [4.69, 9.17) is 10.6 Å². The molecule has 2 rings (SSSR count). The summed E-state index contributed by atoms with van der Waals surface area (Å²) >= 11 is 3.36. The number of ether oxygens (including phenoxy) is 1. The summed E-state index contributed by atoms with van der Waals surface area (Å²) in [7, 11) is 0. The molecule has 4 nitrogen and oxygen atoms in total. The Morgan fingerprint density at radius 3 is 2.33 bits per heavy atom. The Balaban J connectivity index is 2.27. The van der Waals surface area contributed by atoms with Gasteiger partial charge in [0.15, 0.2) is 5.76 Å². The van der Waals surface area contributed by atoms with E-state index in [2.05, 4.69) is 21.4 Å². The maximum atomic E-state index is 11.8. The van der Waals surface area contributed by atoms with Crippen molar-refractivity contribution in [1.29, 1.82) is 0 Å². The summed E-state index contributed by atoms with van der Waals surface area (Å²) in [6.07, 6.45) is 1.63. The molecule has 0 fully saturated rings. The van der Waals surface area contributed by atoms with Crippen molar-refractivity contribution in [3.8, 4) is 5.75 Å². The van der Waals surface area contributed by atoms with Crippen LogP contribution in [-0.4, -0.2) is 5.91 Å². The third-order valence-electron chi connectivity index (χ3n) is 2.77. The number of amides is 1. The lowest BCUT2D eigenvalue weighted by atomic mass is 10.2. The number of carbonyl (C=O) groups is 1. The highest BCUT2D eigenvalue weighted by atomic mass is 79.9. The van der Waals surface area contributed by atoms with Crippen molar-refractivity contribution in [3.63, 3.8) is 0 Å². The molecule has 2 aromatic carbocycles. The first-order chi connectivity index (χ1) is 10.1. The monoisotopic (exact) mass is 346 g/mol. The smallest absolute Gasteiger partial charge is 0.300 e. The molecule has 0 heterocycles. The normalized spacial score (nSPS) is 11.1. The van der Waals surface area contributed by atoms with Crippen LogP contribution in [0.15, 0.2) is 58.8 Å². The van der Waals surface area contributed by atoms with Crippen LogP contribution in [0.25, 0.3) is 6.08 Å². The second-order valence-corrected chi connectivity index (χ2v) is 5.36. The first-order valence-corrected chi connectivity index (χ1v) is 7.10. The highest BCUT2D eigenvalue weighted by molar-refractivity contribution is 9.10. The number of hydrogen-bond acceptors (Lipinski definition) is 3. The van der Waals surface area contributed by atoms with Gasteiger partial charge in [-0.05, 0) is 42.8 Å². The fraction of sp³-hybridized carbons (Fsp3) is 0.0625. The van der Waals surface area contributed by atoms with E-state index < -0.39 is 5.91 Å². The van der Waals surface area contributed by atoms with Crippen LogP contribution in [0.3, 0.4) is 0 Å². The number of aryl methyl sites for hydroxylation is 1. The van der Waals surface area contributed by atoms with Gasteiger partial charge < -0.3 is 4.74 Å². The summed E-state index contributed by atoms with van der Waals surface area (Å²) in [5.74, 6) is 5.42. The molecule has 0 aliphatic heterocycles. The molecule has 5 heteroatoms. The quantitative estimate of drug-likeness (QED) is 0.294. The standard InChI is InChI=1S/C16H15BrN2O2/c1-11-2-8-14(9-3-11)21-15(16(20)19-18)10-12-4-6-13(17)7-5-12/h2-10H,18H2,1H3,(H,19,20)/b15-10-. The number of hydrazine groups is 1. The molecule has 0 aliphatic rings. The van der Waals surface area contributed by atoms with E-state index >= 15 is 0 Å². The van der Waals surface area contributed by atoms with Gasteiger partial charge in [0.1, 0.15) is 5.75 Å². The van der Waals surface area contributed by atoms with Crippen LogP contribution < -0.4 is 16.0 Å². The van der Waals surface area contributed by atoms with Gasteiger partial charge in [-0.15, -0.1) is 0 Å². The van der Waals surface area contributed by atoms with Gasteiger partial charge in [0.05, 0.1) is 0 Å². The lowest BCUT2D eigenvalue weighted by Gasteiger charge is -2.09. The van der Waals surface area contributed by atoms with E-state index in [-0.39, 0.29) is 5.76 Å². The van der Waals surface area contributed by atoms with Crippen LogP contribution in [0.5, 0.6) is 5.75 Å².